The summed E-state index contributed by atoms with van der Waals surface area (Å²) in [4.78, 5) is 12.5. The molecule has 1 aliphatic rings. The van der Waals surface area contributed by atoms with Crippen LogP contribution in [0.3, 0.4) is 0 Å². The summed E-state index contributed by atoms with van der Waals surface area (Å²) < 4.78 is 13.0. The number of hydrogen-bond acceptors (Lipinski definition) is 3. The van der Waals surface area contributed by atoms with Crippen LogP contribution in [0.4, 0.5) is 10.1 Å². The number of halogens is 1. The van der Waals surface area contributed by atoms with E-state index in [-0.39, 0.29) is 12.1 Å². The van der Waals surface area contributed by atoms with Crippen molar-refractivity contribution in [2.24, 2.45) is 5.92 Å². The van der Waals surface area contributed by atoms with Gasteiger partial charge in [-0.2, -0.15) is 5.26 Å². The minimum absolute atomic E-state index is 0.170. The molecule has 0 aromatic heterocycles. The number of anilines is 1. The average molecular weight is 248 g/mol. The monoisotopic (exact) mass is 248 g/mol. The maximum Gasteiger partial charge on any atom is 0.323 e. The molecule has 0 unspecified atom stereocenters. The van der Waals surface area contributed by atoms with Gasteiger partial charge in [-0.05, 0) is 37.0 Å². The molecule has 1 fully saturated rings. The smallest absolute Gasteiger partial charge is 0.323 e. The molecule has 94 valence electrons. The van der Waals surface area contributed by atoms with E-state index in [9.17, 15) is 9.18 Å². The largest absolute Gasteiger partial charge is 0.480 e. The first-order chi connectivity index (χ1) is 8.60. The van der Waals surface area contributed by atoms with E-state index < -0.39 is 11.8 Å². The van der Waals surface area contributed by atoms with Crippen molar-refractivity contribution in [2.45, 2.75) is 12.8 Å². The lowest BCUT2D eigenvalue weighted by Crippen LogP contribution is -2.32. The van der Waals surface area contributed by atoms with Gasteiger partial charge in [0.1, 0.15) is 18.4 Å². The number of carboxylic acids is 1. The van der Waals surface area contributed by atoms with Crippen LogP contribution in [0.2, 0.25) is 0 Å². The molecule has 0 saturated heterocycles. The molecule has 5 heteroatoms. The van der Waals surface area contributed by atoms with Gasteiger partial charge in [-0.15, -0.1) is 0 Å². The van der Waals surface area contributed by atoms with Gasteiger partial charge in [-0.3, -0.25) is 4.79 Å². The van der Waals surface area contributed by atoms with Crippen LogP contribution in [0.1, 0.15) is 18.4 Å². The maximum absolute atomic E-state index is 13.0. The highest BCUT2D eigenvalue weighted by atomic mass is 19.1. The second-order valence-corrected chi connectivity index (χ2v) is 4.49. The van der Waals surface area contributed by atoms with Gasteiger partial charge in [0.2, 0.25) is 0 Å². The molecule has 1 aromatic carbocycles. The third kappa shape index (κ3) is 2.98. The van der Waals surface area contributed by atoms with E-state index in [0.29, 0.717) is 18.2 Å². The predicted octanol–water partition coefficient (Wildman–Crippen LogP) is 2.00. The van der Waals surface area contributed by atoms with Crippen LogP contribution >= 0.6 is 0 Å². The number of aliphatic carboxylic acids is 1. The number of rotatable bonds is 5. The van der Waals surface area contributed by atoms with Gasteiger partial charge >= 0.3 is 5.97 Å². The van der Waals surface area contributed by atoms with E-state index >= 15 is 0 Å². The van der Waals surface area contributed by atoms with Gasteiger partial charge in [-0.25, -0.2) is 4.39 Å². The van der Waals surface area contributed by atoms with Crippen molar-refractivity contribution in [2.75, 3.05) is 18.0 Å². The highest BCUT2D eigenvalue weighted by molar-refractivity contribution is 5.75. The molecular formula is C13H13FN2O2. The first-order valence-electron chi connectivity index (χ1n) is 5.76. The molecule has 1 aromatic rings. The molecule has 0 radical (unpaired) electrons. The van der Waals surface area contributed by atoms with Gasteiger partial charge in [0.15, 0.2) is 0 Å². The van der Waals surface area contributed by atoms with E-state index in [2.05, 4.69) is 0 Å². The van der Waals surface area contributed by atoms with Gasteiger partial charge < -0.3 is 10.0 Å². The third-order valence-corrected chi connectivity index (χ3v) is 2.92. The minimum atomic E-state index is -0.955. The lowest BCUT2D eigenvalue weighted by molar-refractivity contribution is -0.135. The van der Waals surface area contributed by atoms with E-state index in [1.807, 2.05) is 6.07 Å². The molecule has 0 atom stereocenters. The molecule has 4 nitrogen and oxygen atoms in total. The Bertz CT molecular complexity index is 506. The van der Waals surface area contributed by atoms with Gasteiger partial charge in [0, 0.05) is 6.54 Å². The summed E-state index contributed by atoms with van der Waals surface area (Å²) in [6.45, 7) is 0.434. The van der Waals surface area contributed by atoms with Crippen molar-refractivity contribution >= 4 is 11.7 Å². The highest BCUT2D eigenvalue weighted by Crippen LogP contribution is 2.32. The summed E-state index contributed by atoms with van der Waals surface area (Å²) in [7, 11) is 0. The van der Waals surface area contributed by atoms with Crippen molar-refractivity contribution in [1.29, 1.82) is 5.26 Å². The number of hydrogen-bond donors (Lipinski definition) is 1. The van der Waals surface area contributed by atoms with Crippen LogP contribution < -0.4 is 4.90 Å². The van der Waals surface area contributed by atoms with Crippen molar-refractivity contribution in [3.63, 3.8) is 0 Å². The standard InChI is InChI=1S/C13H13FN2O2/c14-11-3-4-12(10(5-11)6-15)16(8-13(17)18)7-9-1-2-9/h3-5,9H,1-2,7-8H2,(H,17,18). The Labute approximate surface area is 104 Å². The number of carbonyl (C=O) groups is 1. The molecule has 0 heterocycles. The van der Waals surface area contributed by atoms with Gasteiger partial charge in [0.05, 0.1) is 11.3 Å². The van der Waals surface area contributed by atoms with E-state index in [4.69, 9.17) is 10.4 Å². The second kappa shape index (κ2) is 5.05. The molecule has 2 rings (SSSR count). The Morgan fingerprint density at radius 1 is 1.56 bits per heavy atom. The molecule has 0 spiro atoms. The summed E-state index contributed by atoms with van der Waals surface area (Å²) in [6, 6.07) is 5.76. The summed E-state index contributed by atoms with van der Waals surface area (Å²) in [5.74, 6) is -0.957. The normalized spacial score (nSPS) is 14.0. The van der Waals surface area contributed by atoms with Gasteiger partial charge in [0.25, 0.3) is 0 Å². The number of carboxylic acid groups (broad SMARTS) is 1. The summed E-state index contributed by atoms with van der Waals surface area (Å²) >= 11 is 0. The first-order valence-corrected chi connectivity index (χ1v) is 5.76. The SMILES string of the molecule is N#Cc1cc(F)ccc1N(CC(=O)O)CC1CC1. The van der Waals surface area contributed by atoms with E-state index in [1.165, 1.54) is 12.1 Å². The molecular weight excluding hydrogens is 235 g/mol. The molecule has 18 heavy (non-hydrogen) atoms. The minimum Gasteiger partial charge on any atom is -0.480 e. The van der Waals surface area contributed by atoms with Crippen molar-refractivity contribution in [3.05, 3.63) is 29.6 Å². The zero-order valence-corrected chi connectivity index (χ0v) is 9.77. The Morgan fingerprint density at radius 3 is 2.83 bits per heavy atom. The number of benzene rings is 1. The number of nitriles is 1. The molecule has 0 amide bonds. The van der Waals surface area contributed by atoms with Crippen molar-refractivity contribution in [1.82, 2.24) is 0 Å². The van der Waals surface area contributed by atoms with E-state index in [1.54, 1.807) is 4.90 Å². The zero-order valence-electron chi connectivity index (χ0n) is 9.77. The Balaban J connectivity index is 2.28. The van der Waals surface area contributed by atoms with Crippen molar-refractivity contribution in [3.8, 4) is 6.07 Å². The van der Waals surface area contributed by atoms with Crippen LogP contribution in [0.25, 0.3) is 0 Å². The first kappa shape index (κ1) is 12.4. The van der Waals surface area contributed by atoms with E-state index in [0.717, 1.165) is 18.9 Å². The van der Waals surface area contributed by atoms with Crippen LogP contribution in [-0.4, -0.2) is 24.2 Å². The quantitative estimate of drug-likeness (QED) is 0.865. The lowest BCUT2D eigenvalue weighted by Gasteiger charge is -2.23. The molecule has 0 aliphatic heterocycles. The van der Waals surface area contributed by atoms with Crippen LogP contribution in [0.5, 0.6) is 0 Å². The van der Waals surface area contributed by atoms with Crippen LogP contribution in [0.15, 0.2) is 18.2 Å². The zero-order chi connectivity index (χ0) is 13.1. The van der Waals surface area contributed by atoms with Gasteiger partial charge in [-0.1, -0.05) is 0 Å². The third-order valence-electron chi connectivity index (χ3n) is 2.92. The highest BCUT2D eigenvalue weighted by Gasteiger charge is 2.26. The Morgan fingerprint density at radius 2 is 2.28 bits per heavy atom. The topological polar surface area (TPSA) is 64.3 Å². The fraction of sp³-hybridized carbons (Fsp3) is 0.385. The van der Waals surface area contributed by atoms with Crippen molar-refractivity contribution < 1.29 is 14.3 Å². The number of nitrogens with zero attached hydrogens (tertiary/aromatic N) is 2. The van der Waals surface area contributed by atoms with Crippen LogP contribution in [0, 0.1) is 23.1 Å². The molecule has 0 bridgehead atoms. The second-order valence-electron chi connectivity index (χ2n) is 4.49. The molecule has 1 saturated carbocycles. The van der Waals surface area contributed by atoms with Crippen LogP contribution in [-0.2, 0) is 4.79 Å². The Kier molecular flexibility index (Phi) is 3.47. The fourth-order valence-corrected chi connectivity index (χ4v) is 1.90. The summed E-state index contributed by atoms with van der Waals surface area (Å²) in [5.41, 5.74) is 0.671. The molecule has 1 aliphatic carbocycles. The Hall–Kier alpha value is -2.09. The predicted molar refractivity (Wildman–Crippen MR) is 63.7 cm³/mol. The summed E-state index contributed by atoms with van der Waals surface area (Å²) in [6.07, 6.45) is 2.17. The maximum atomic E-state index is 13.0. The average Bonchev–Trinajstić information content (AvgIpc) is 3.11. The lowest BCUT2D eigenvalue weighted by atomic mass is 10.1. The summed E-state index contributed by atoms with van der Waals surface area (Å²) in [5, 5.41) is 17.9. The fourth-order valence-electron chi connectivity index (χ4n) is 1.90. The molecule has 1 N–H and O–H groups in total.